The molecule has 0 aromatic rings. The van der Waals surface area contributed by atoms with Crippen LogP contribution in [0.1, 0.15) is 6.42 Å². The lowest BCUT2D eigenvalue weighted by Crippen LogP contribution is -2.52. The van der Waals surface area contributed by atoms with Crippen LogP contribution in [0.4, 0.5) is 0 Å². The van der Waals surface area contributed by atoms with Gasteiger partial charge in [-0.05, 0) is 0 Å². The molecule has 2 unspecified atom stereocenters. The van der Waals surface area contributed by atoms with Crippen molar-refractivity contribution in [2.24, 2.45) is 5.92 Å². The van der Waals surface area contributed by atoms with Gasteiger partial charge in [0.25, 0.3) is 0 Å². The third kappa shape index (κ3) is 5.13. The Morgan fingerprint density at radius 3 is 2.56 bits per heavy atom. The van der Waals surface area contributed by atoms with Crippen LogP contribution in [-0.4, -0.2) is 104 Å². The van der Waals surface area contributed by atoms with Gasteiger partial charge in [-0.1, -0.05) is 0 Å². The van der Waals surface area contributed by atoms with Gasteiger partial charge in [-0.25, -0.2) is 8.42 Å². The Kier molecular flexibility index (Phi) is 6.01. The number of hydrogen-bond acceptors (Lipinski definition) is 6. The van der Waals surface area contributed by atoms with Crippen molar-refractivity contribution >= 4 is 27.8 Å². The number of morpholine rings is 1. The fraction of sp³-hybridized carbons (Fsp3) is 0.786. The molecule has 0 bridgehead atoms. The topological polar surface area (TPSA) is 125 Å². The van der Waals surface area contributed by atoms with Gasteiger partial charge in [-0.3, -0.25) is 14.4 Å². The van der Waals surface area contributed by atoms with E-state index in [0.717, 1.165) is 10.6 Å². The molecule has 2 fully saturated rings. The van der Waals surface area contributed by atoms with E-state index in [1.54, 1.807) is 11.9 Å². The molecule has 142 valence electrons. The zero-order valence-corrected chi connectivity index (χ0v) is 15.1. The number of carboxylic acids is 1. The lowest BCUT2D eigenvalue weighted by molar-refractivity contribution is -0.144. The standard InChI is InChI=1S/C14H23N3O7S/c1-15-6-10(5-12(15)18)14(21)16-3-4-24-11(7-16)8-17(9-13(19)20)25(2,22)23/h10-11H,3-9H2,1-2H3,(H,19,20). The molecule has 2 rings (SSSR count). The molecule has 1 N–H and O–H groups in total. The summed E-state index contributed by atoms with van der Waals surface area (Å²) in [6, 6.07) is 0. The second-order valence-corrected chi connectivity index (χ2v) is 8.38. The summed E-state index contributed by atoms with van der Waals surface area (Å²) in [5.74, 6) is -1.90. The number of carbonyl (C=O) groups is 3. The predicted octanol–water partition coefficient (Wildman–Crippen LogP) is -1.96. The first-order valence-corrected chi connectivity index (χ1v) is 9.74. The smallest absolute Gasteiger partial charge is 0.318 e. The molecule has 25 heavy (non-hydrogen) atoms. The Morgan fingerprint density at radius 1 is 1.36 bits per heavy atom. The molecule has 0 spiro atoms. The van der Waals surface area contributed by atoms with Crippen molar-refractivity contribution in [3.05, 3.63) is 0 Å². The molecule has 2 heterocycles. The molecule has 2 amide bonds. The Hall–Kier alpha value is -1.72. The Morgan fingerprint density at radius 2 is 2.04 bits per heavy atom. The number of aliphatic carboxylic acids is 1. The van der Waals surface area contributed by atoms with Crippen LogP contribution in [0.3, 0.4) is 0 Å². The first kappa shape index (κ1) is 19.6. The van der Waals surface area contributed by atoms with Crippen molar-refractivity contribution in [2.45, 2.75) is 12.5 Å². The molecule has 2 atom stereocenters. The van der Waals surface area contributed by atoms with E-state index < -0.39 is 34.6 Å². The van der Waals surface area contributed by atoms with Crippen molar-refractivity contribution in [3.63, 3.8) is 0 Å². The van der Waals surface area contributed by atoms with Crippen molar-refractivity contribution in [2.75, 3.05) is 52.6 Å². The fourth-order valence-electron chi connectivity index (χ4n) is 3.01. The SMILES string of the molecule is CN1CC(C(=O)N2CCOC(CN(CC(=O)O)S(C)(=O)=O)C2)CC1=O. The maximum Gasteiger partial charge on any atom is 0.318 e. The zero-order valence-electron chi connectivity index (χ0n) is 14.3. The summed E-state index contributed by atoms with van der Waals surface area (Å²) >= 11 is 0. The number of likely N-dealkylation sites (tertiary alicyclic amines) is 1. The number of carboxylic acid groups (broad SMARTS) is 1. The quantitative estimate of drug-likeness (QED) is 0.570. The van der Waals surface area contributed by atoms with Crippen LogP contribution in [0.25, 0.3) is 0 Å². The summed E-state index contributed by atoms with van der Waals surface area (Å²) in [5, 5.41) is 8.86. The monoisotopic (exact) mass is 377 g/mol. The molecule has 10 nitrogen and oxygen atoms in total. The molecule has 2 aliphatic heterocycles. The minimum absolute atomic E-state index is 0.0760. The summed E-state index contributed by atoms with van der Waals surface area (Å²) in [4.78, 5) is 38.1. The fourth-order valence-corrected chi connectivity index (χ4v) is 3.79. The maximum absolute atomic E-state index is 12.6. The number of nitrogens with zero attached hydrogens (tertiary/aromatic N) is 3. The van der Waals surface area contributed by atoms with Gasteiger partial charge >= 0.3 is 5.97 Å². The first-order chi connectivity index (χ1) is 11.6. The third-order valence-electron chi connectivity index (χ3n) is 4.33. The number of rotatable bonds is 6. The van der Waals surface area contributed by atoms with E-state index in [1.165, 1.54) is 4.90 Å². The van der Waals surface area contributed by atoms with Crippen LogP contribution < -0.4 is 0 Å². The number of carbonyl (C=O) groups excluding carboxylic acids is 2. The molecule has 0 aliphatic carbocycles. The minimum atomic E-state index is -3.71. The third-order valence-corrected chi connectivity index (χ3v) is 5.54. The minimum Gasteiger partial charge on any atom is -0.480 e. The Balaban J connectivity index is 1.99. The molecule has 0 aromatic heterocycles. The average molecular weight is 377 g/mol. The molecule has 0 radical (unpaired) electrons. The molecule has 11 heteroatoms. The van der Waals surface area contributed by atoms with Crippen LogP contribution in [0, 0.1) is 5.92 Å². The maximum atomic E-state index is 12.6. The number of sulfonamides is 1. The van der Waals surface area contributed by atoms with E-state index in [9.17, 15) is 22.8 Å². The predicted molar refractivity (Wildman–Crippen MR) is 86.1 cm³/mol. The molecule has 0 aromatic carbocycles. The molecule has 2 aliphatic rings. The summed E-state index contributed by atoms with van der Waals surface area (Å²) in [6.07, 6.45) is 0.495. The van der Waals surface area contributed by atoms with Crippen molar-refractivity contribution in [1.29, 1.82) is 0 Å². The molecule has 0 saturated carbocycles. The molecular weight excluding hydrogens is 354 g/mol. The highest BCUT2D eigenvalue weighted by Crippen LogP contribution is 2.20. The van der Waals surface area contributed by atoms with Gasteiger partial charge in [0.05, 0.1) is 24.9 Å². The first-order valence-electron chi connectivity index (χ1n) is 7.89. The number of amides is 2. The van der Waals surface area contributed by atoms with E-state index in [0.29, 0.717) is 13.1 Å². The van der Waals surface area contributed by atoms with Gasteiger partial charge in [-0.15, -0.1) is 0 Å². The van der Waals surface area contributed by atoms with Gasteiger partial charge in [0.15, 0.2) is 0 Å². The van der Waals surface area contributed by atoms with Gasteiger partial charge in [0.1, 0.15) is 6.54 Å². The lowest BCUT2D eigenvalue weighted by Gasteiger charge is -2.35. The van der Waals surface area contributed by atoms with Gasteiger partial charge in [0, 0.05) is 39.6 Å². The van der Waals surface area contributed by atoms with E-state index in [4.69, 9.17) is 9.84 Å². The summed E-state index contributed by atoms with van der Waals surface area (Å²) in [5.41, 5.74) is 0. The highest BCUT2D eigenvalue weighted by molar-refractivity contribution is 7.88. The summed E-state index contributed by atoms with van der Waals surface area (Å²) in [7, 11) is -2.06. The lowest BCUT2D eigenvalue weighted by atomic mass is 10.1. The van der Waals surface area contributed by atoms with Gasteiger partial charge in [0.2, 0.25) is 21.8 Å². The number of ether oxygens (including phenoxy) is 1. The van der Waals surface area contributed by atoms with Crippen LogP contribution in [0.15, 0.2) is 0 Å². The van der Waals surface area contributed by atoms with Crippen molar-refractivity contribution in [3.8, 4) is 0 Å². The molecular formula is C14H23N3O7S. The van der Waals surface area contributed by atoms with Crippen LogP contribution in [0.5, 0.6) is 0 Å². The second-order valence-electron chi connectivity index (χ2n) is 6.40. The van der Waals surface area contributed by atoms with Crippen molar-refractivity contribution in [1.82, 2.24) is 14.1 Å². The normalized spacial score (nSPS) is 24.8. The summed E-state index contributed by atoms with van der Waals surface area (Å²) in [6.45, 7) is 0.332. The van der Waals surface area contributed by atoms with Gasteiger partial charge < -0.3 is 19.6 Å². The largest absolute Gasteiger partial charge is 0.480 e. The van der Waals surface area contributed by atoms with E-state index in [2.05, 4.69) is 0 Å². The van der Waals surface area contributed by atoms with Crippen LogP contribution in [0.2, 0.25) is 0 Å². The highest BCUT2D eigenvalue weighted by atomic mass is 32.2. The zero-order chi connectivity index (χ0) is 18.8. The Bertz CT molecular complexity index is 651. The van der Waals surface area contributed by atoms with E-state index in [-0.39, 0.29) is 37.9 Å². The second kappa shape index (κ2) is 7.67. The summed E-state index contributed by atoms with van der Waals surface area (Å²) < 4.78 is 29.8. The van der Waals surface area contributed by atoms with Crippen LogP contribution >= 0.6 is 0 Å². The molecule has 2 saturated heterocycles. The van der Waals surface area contributed by atoms with Crippen LogP contribution in [-0.2, 0) is 29.1 Å². The van der Waals surface area contributed by atoms with Crippen molar-refractivity contribution < 1.29 is 32.6 Å². The van der Waals surface area contributed by atoms with E-state index >= 15 is 0 Å². The highest BCUT2D eigenvalue weighted by Gasteiger charge is 2.37. The average Bonchev–Trinajstić information content (AvgIpc) is 2.84. The van der Waals surface area contributed by atoms with E-state index in [1.807, 2.05) is 0 Å². The number of hydrogen-bond donors (Lipinski definition) is 1. The Labute approximate surface area is 146 Å². The van der Waals surface area contributed by atoms with Gasteiger partial charge in [-0.2, -0.15) is 4.31 Å².